The van der Waals surface area contributed by atoms with E-state index in [4.69, 9.17) is 9.47 Å². The molecule has 0 bridgehead atoms. The van der Waals surface area contributed by atoms with E-state index in [0.29, 0.717) is 32.8 Å². The lowest BCUT2D eigenvalue weighted by molar-refractivity contribution is -0.140. The van der Waals surface area contributed by atoms with Crippen LogP contribution in [0.15, 0.2) is 24.3 Å². The van der Waals surface area contributed by atoms with E-state index in [-0.39, 0.29) is 17.4 Å². The molecule has 1 aromatic heterocycles. The largest absolute Gasteiger partial charge is 0.485 e. The first-order valence-electron chi connectivity index (χ1n) is 9.97. The van der Waals surface area contributed by atoms with Crippen molar-refractivity contribution in [3.05, 3.63) is 41.5 Å². The van der Waals surface area contributed by atoms with Crippen molar-refractivity contribution in [2.75, 3.05) is 19.8 Å². The smallest absolute Gasteiger partial charge is 0.227 e. The van der Waals surface area contributed by atoms with Crippen molar-refractivity contribution in [3.8, 4) is 5.75 Å². The van der Waals surface area contributed by atoms with Crippen molar-refractivity contribution >= 4 is 5.91 Å². The van der Waals surface area contributed by atoms with Gasteiger partial charge in [0, 0.05) is 24.9 Å². The Bertz CT molecular complexity index is 857. The molecule has 1 saturated heterocycles. The van der Waals surface area contributed by atoms with Gasteiger partial charge in [-0.25, -0.2) is 9.67 Å². The van der Waals surface area contributed by atoms with Crippen LogP contribution in [-0.4, -0.2) is 50.9 Å². The predicted octanol–water partition coefficient (Wildman–Crippen LogP) is 2.50. The molecular formula is C21H28N4O3. The average Bonchev–Trinajstić information content (AvgIpc) is 2.90. The predicted molar refractivity (Wildman–Crippen MR) is 104 cm³/mol. The summed E-state index contributed by atoms with van der Waals surface area (Å²) in [6, 6.07) is 8.04. The van der Waals surface area contributed by atoms with Crippen molar-refractivity contribution < 1.29 is 14.3 Å². The number of fused-ring (bicyclic) bond motifs is 1. The minimum atomic E-state index is -0.375. The van der Waals surface area contributed by atoms with E-state index in [0.717, 1.165) is 35.8 Å². The summed E-state index contributed by atoms with van der Waals surface area (Å²) in [6.07, 6.45) is 1.59. The molecule has 1 aromatic carbocycles. The van der Waals surface area contributed by atoms with E-state index in [9.17, 15) is 4.79 Å². The number of benzene rings is 1. The van der Waals surface area contributed by atoms with Gasteiger partial charge in [-0.05, 0) is 19.9 Å². The second-order valence-electron chi connectivity index (χ2n) is 7.99. The monoisotopic (exact) mass is 384 g/mol. The Hall–Kier alpha value is -2.41. The molecular weight excluding hydrogens is 356 g/mol. The highest BCUT2D eigenvalue weighted by atomic mass is 16.5. The lowest BCUT2D eigenvalue weighted by atomic mass is 9.93. The summed E-state index contributed by atoms with van der Waals surface area (Å²) < 4.78 is 13.9. The first kappa shape index (κ1) is 18.9. The zero-order valence-corrected chi connectivity index (χ0v) is 16.9. The highest BCUT2D eigenvalue weighted by molar-refractivity contribution is 5.78. The van der Waals surface area contributed by atoms with Gasteiger partial charge in [0.25, 0.3) is 0 Å². The molecule has 1 spiro atoms. The third-order valence-electron chi connectivity index (χ3n) is 5.69. The maximum atomic E-state index is 13.4. The van der Waals surface area contributed by atoms with Gasteiger partial charge >= 0.3 is 0 Å². The van der Waals surface area contributed by atoms with Crippen LogP contribution in [0.1, 0.15) is 37.0 Å². The lowest BCUT2D eigenvalue weighted by Gasteiger charge is -2.39. The second kappa shape index (κ2) is 7.54. The number of hydrogen-bond acceptors (Lipinski definition) is 5. The Morgan fingerprint density at radius 1 is 1.25 bits per heavy atom. The van der Waals surface area contributed by atoms with E-state index in [1.54, 1.807) is 0 Å². The van der Waals surface area contributed by atoms with Gasteiger partial charge in [0.05, 0.1) is 32.2 Å². The fourth-order valence-electron chi connectivity index (χ4n) is 4.15. The van der Waals surface area contributed by atoms with Crippen LogP contribution in [0.4, 0.5) is 0 Å². The number of ether oxygens (including phenoxy) is 2. The summed E-state index contributed by atoms with van der Waals surface area (Å²) in [5, 5.41) is 4.41. The molecule has 7 heteroatoms. The van der Waals surface area contributed by atoms with Gasteiger partial charge in [-0.1, -0.05) is 25.1 Å². The molecule has 4 rings (SSSR count). The second-order valence-corrected chi connectivity index (χ2v) is 7.99. The summed E-state index contributed by atoms with van der Waals surface area (Å²) in [5.41, 5.74) is 0.680. The quantitative estimate of drug-likeness (QED) is 0.813. The molecule has 3 heterocycles. The molecule has 2 aromatic rings. The lowest BCUT2D eigenvalue weighted by Crippen LogP contribution is -2.51. The number of amides is 1. The van der Waals surface area contributed by atoms with Gasteiger partial charge in [0.1, 0.15) is 23.0 Å². The van der Waals surface area contributed by atoms with Gasteiger partial charge < -0.3 is 14.4 Å². The normalized spacial score (nSPS) is 19.6. The van der Waals surface area contributed by atoms with Crippen LogP contribution < -0.4 is 4.74 Å². The number of aromatic nitrogens is 3. The van der Waals surface area contributed by atoms with Crippen molar-refractivity contribution in [1.82, 2.24) is 19.7 Å². The minimum absolute atomic E-state index is 0.124. The molecule has 28 heavy (non-hydrogen) atoms. The molecule has 0 saturated carbocycles. The van der Waals surface area contributed by atoms with E-state index >= 15 is 0 Å². The van der Waals surface area contributed by atoms with Gasteiger partial charge in [0.2, 0.25) is 5.91 Å². The minimum Gasteiger partial charge on any atom is -0.485 e. The molecule has 0 aliphatic carbocycles. The topological polar surface area (TPSA) is 69.5 Å². The first-order valence-corrected chi connectivity index (χ1v) is 9.97. The van der Waals surface area contributed by atoms with Gasteiger partial charge in [0.15, 0.2) is 0 Å². The van der Waals surface area contributed by atoms with E-state index in [1.807, 2.05) is 54.6 Å². The fourth-order valence-corrected chi connectivity index (χ4v) is 4.15. The van der Waals surface area contributed by atoms with Crippen molar-refractivity contribution in [1.29, 1.82) is 0 Å². The molecule has 1 amide bonds. The van der Waals surface area contributed by atoms with Gasteiger partial charge in [-0.15, -0.1) is 0 Å². The molecule has 2 aliphatic rings. The van der Waals surface area contributed by atoms with E-state index < -0.39 is 0 Å². The number of para-hydroxylation sites is 1. The molecule has 1 unspecified atom stereocenters. The van der Waals surface area contributed by atoms with Crippen molar-refractivity contribution in [2.24, 2.45) is 5.92 Å². The highest BCUT2D eigenvalue weighted by Gasteiger charge is 2.41. The van der Waals surface area contributed by atoms with Crippen LogP contribution in [0.3, 0.4) is 0 Å². The highest BCUT2D eigenvalue weighted by Crippen LogP contribution is 2.35. The van der Waals surface area contributed by atoms with Crippen LogP contribution in [-0.2, 0) is 22.6 Å². The molecule has 150 valence electrons. The Labute approximate surface area is 165 Å². The number of rotatable bonds is 3. The third-order valence-corrected chi connectivity index (χ3v) is 5.69. The molecule has 1 fully saturated rings. The summed E-state index contributed by atoms with van der Waals surface area (Å²) in [6.45, 7) is 8.77. The van der Waals surface area contributed by atoms with E-state index in [2.05, 4.69) is 10.1 Å². The van der Waals surface area contributed by atoms with Crippen LogP contribution in [0.25, 0.3) is 0 Å². The fraction of sp³-hybridized carbons (Fsp3) is 0.571. The maximum Gasteiger partial charge on any atom is 0.227 e. The Morgan fingerprint density at radius 3 is 2.71 bits per heavy atom. The molecule has 0 N–H and O–H groups in total. The Balaban J connectivity index is 1.58. The summed E-state index contributed by atoms with van der Waals surface area (Å²) in [7, 11) is 0. The molecule has 7 nitrogen and oxygen atoms in total. The summed E-state index contributed by atoms with van der Waals surface area (Å²) >= 11 is 0. The Kier molecular flexibility index (Phi) is 5.10. The zero-order chi connectivity index (χ0) is 19.7. The number of hydrogen-bond donors (Lipinski definition) is 0. The van der Waals surface area contributed by atoms with E-state index in [1.165, 1.54) is 0 Å². The number of aryl methyl sites for hydroxylation is 2. The first-order chi connectivity index (χ1) is 13.5. The van der Waals surface area contributed by atoms with Crippen LogP contribution in [0.2, 0.25) is 0 Å². The number of nitrogens with zero attached hydrogens (tertiary/aromatic N) is 4. The SMILES string of the molecule is Cc1nc(C)n(CC(C)C(=O)N2Cc3ccccc3OC3(CCOCC3)C2)n1. The van der Waals surface area contributed by atoms with Crippen molar-refractivity contribution in [2.45, 2.75) is 52.3 Å². The number of carbonyl (C=O) groups excluding carboxylic acids is 1. The van der Waals surface area contributed by atoms with Gasteiger partial charge in [-0.3, -0.25) is 4.79 Å². The van der Waals surface area contributed by atoms with Gasteiger partial charge in [-0.2, -0.15) is 5.10 Å². The third kappa shape index (κ3) is 3.76. The molecule has 1 atom stereocenters. The Morgan fingerprint density at radius 2 is 2.00 bits per heavy atom. The summed E-state index contributed by atoms with van der Waals surface area (Å²) in [4.78, 5) is 19.7. The maximum absolute atomic E-state index is 13.4. The van der Waals surface area contributed by atoms with Crippen LogP contribution >= 0.6 is 0 Å². The summed E-state index contributed by atoms with van der Waals surface area (Å²) in [5.74, 6) is 2.38. The number of carbonyl (C=O) groups is 1. The van der Waals surface area contributed by atoms with Crippen LogP contribution in [0, 0.1) is 19.8 Å². The zero-order valence-electron chi connectivity index (χ0n) is 16.9. The standard InChI is InChI=1S/C21H28N4O3/c1-15(12-25-17(3)22-16(2)23-25)20(26)24-13-18-6-4-5-7-19(18)28-21(14-24)8-10-27-11-9-21/h4-7,15H,8-14H2,1-3H3. The van der Waals surface area contributed by atoms with Crippen molar-refractivity contribution in [3.63, 3.8) is 0 Å². The average molecular weight is 384 g/mol. The molecule has 2 aliphatic heterocycles. The van der Waals surface area contributed by atoms with Crippen LogP contribution in [0.5, 0.6) is 5.75 Å². The molecule has 0 radical (unpaired) electrons.